The first-order valence-electron chi connectivity index (χ1n) is 6.53. The molecule has 1 fully saturated rings. The van der Waals surface area contributed by atoms with Gasteiger partial charge in [0.1, 0.15) is 0 Å². The number of rotatable bonds is 4. The van der Waals surface area contributed by atoms with E-state index in [0.717, 1.165) is 24.0 Å². The molecule has 2 aromatic rings. The summed E-state index contributed by atoms with van der Waals surface area (Å²) in [6.45, 7) is 0. The molecule has 1 aliphatic carbocycles. The van der Waals surface area contributed by atoms with Gasteiger partial charge in [-0.1, -0.05) is 42.5 Å². The van der Waals surface area contributed by atoms with Gasteiger partial charge in [-0.3, -0.25) is 0 Å². The lowest BCUT2D eigenvalue weighted by molar-refractivity contribution is 0.592. The largest absolute Gasteiger partial charge is 0.224 e. The third-order valence-corrected chi connectivity index (χ3v) is 5.37. The molecule has 0 unspecified atom stereocenters. The van der Waals surface area contributed by atoms with E-state index in [2.05, 4.69) is 0 Å². The summed E-state index contributed by atoms with van der Waals surface area (Å²) in [6, 6.07) is 17.2. The van der Waals surface area contributed by atoms with Gasteiger partial charge in [-0.15, -0.1) is 0 Å². The summed E-state index contributed by atoms with van der Waals surface area (Å²) in [5.41, 5.74) is 2.15. The van der Waals surface area contributed by atoms with Gasteiger partial charge < -0.3 is 0 Å². The van der Waals surface area contributed by atoms with Gasteiger partial charge in [0.15, 0.2) is 9.84 Å². The highest BCUT2D eigenvalue weighted by Gasteiger charge is 2.28. The molecule has 0 N–H and O–H groups in total. The SMILES string of the molecule is O=S(=O)(CC1CC1)c1ccc(-c2ccccc2)cc1. The zero-order valence-corrected chi connectivity index (χ0v) is 11.4. The number of benzene rings is 2. The fourth-order valence-electron chi connectivity index (χ4n) is 2.18. The highest BCUT2D eigenvalue weighted by molar-refractivity contribution is 7.91. The number of hydrogen-bond acceptors (Lipinski definition) is 2. The maximum Gasteiger partial charge on any atom is 0.178 e. The first-order chi connectivity index (χ1) is 9.15. The van der Waals surface area contributed by atoms with E-state index >= 15 is 0 Å². The van der Waals surface area contributed by atoms with E-state index in [-0.39, 0.29) is 0 Å². The molecule has 2 aromatic carbocycles. The van der Waals surface area contributed by atoms with Crippen molar-refractivity contribution in [1.29, 1.82) is 0 Å². The van der Waals surface area contributed by atoms with Crippen molar-refractivity contribution in [2.24, 2.45) is 5.92 Å². The van der Waals surface area contributed by atoms with Crippen LogP contribution in [0.4, 0.5) is 0 Å². The molecule has 3 rings (SSSR count). The van der Waals surface area contributed by atoms with Gasteiger partial charge in [0.25, 0.3) is 0 Å². The number of hydrogen-bond donors (Lipinski definition) is 0. The normalized spacial score (nSPS) is 15.4. The van der Waals surface area contributed by atoms with Crippen molar-refractivity contribution in [1.82, 2.24) is 0 Å². The molecule has 0 aromatic heterocycles. The molecule has 0 aliphatic heterocycles. The lowest BCUT2D eigenvalue weighted by Crippen LogP contribution is -2.08. The molecule has 0 atom stereocenters. The molecule has 1 aliphatic rings. The van der Waals surface area contributed by atoms with Crippen molar-refractivity contribution in [2.45, 2.75) is 17.7 Å². The van der Waals surface area contributed by atoms with Crippen LogP contribution in [-0.4, -0.2) is 14.2 Å². The van der Waals surface area contributed by atoms with Crippen LogP contribution < -0.4 is 0 Å². The van der Waals surface area contributed by atoms with E-state index < -0.39 is 9.84 Å². The minimum absolute atomic E-state index is 0.303. The predicted molar refractivity (Wildman–Crippen MR) is 76.7 cm³/mol. The molecule has 2 nitrogen and oxygen atoms in total. The van der Waals surface area contributed by atoms with Crippen LogP contribution >= 0.6 is 0 Å². The Kier molecular flexibility index (Phi) is 3.15. The molecule has 0 radical (unpaired) electrons. The molecule has 0 heterocycles. The van der Waals surface area contributed by atoms with E-state index in [1.807, 2.05) is 42.5 Å². The van der Waals surface area contributed by atoms with Crippen molar-refractivity contribution >= 4 is 9.84 Å². The van der Waals surface area contributed by atoms with E-state index in [1.165, 1.54) is 0 Å². The molecule has 0 saturated heterocycles. The lowest BCUT2D eigenvalue weighted by atomic mass is 10.1. The van der Waals surface area contributed by atoms with Crippen LogP contribution in [0.3, 0.4) is 0 Å². The molecule has 0 bridgehead atoms. The summed E-state index contributed by atoms with van der Waals surface area (Å²) < 4.78 is 24.3. The van der Waals surface area contributed by atoms with Crippen LogP contribution in [0.5, 0.6) is 0 Å². The standard InChI is InChI=1S/C16H16O2S/c17-19(18,12-13-6-7-13)16-10-8-15(9-11-16)14-4-2-1-3-5-14/h1-5,8-11,13H,6-7,12H2. The maximum absolute atomic E-state index is 12.1. The second kappa shape index (κ2) is 4.82. The zero-order valence-electron chi connectivity index (χ0n) is 10.6. The Hall–Kier alpha value is -1.61. The Morgan fingerprint density at radius 3 is 2.00 bits per heavy atom. The zero-order chi connectivity index (χ0) is 13.3. The summed E-state index contributed by atoms with van der Waals surface area (Å²) in [5, 5.41) is 0. The highest BCUT2D eigenvalue weighted by atomic mass is 32.2. The molecular weight excluding hydrogens is 256 g/mol. The quantitative estimate of drug-likeness (QED) is 0.853. The van der Waals surface area contributed by atoms with Gasteiger partial charge in [0.05, 0.1) is 10.6 Å². The molecule has 1 saturated carbocycles. The van der Waals surface area contributed by atoms with E-state index in [0.29, 0.717) is 16.6 Å². The van der Waals surface area contributed by atoms with Crippen molar-refractivity contribution in [3.63, 3.8) is 0 Å². The van der Waals surface area contributed by atoms with Gasteiger partial charge in [-0.05, 0) is 42.0 Å². The van der Waals surface area contributed by atoms with E-state index in [1.54, 1.807) is 12.1 Å². The van der Waals surface area contributed by atoms with E-state index in [4.69, 9.17) is 0 Å². The monoisotopic (exact) mass is 272 g/mol. The van der Waals surface area contributed by atoms with Crippen molar-refractivity contribution in [3.8, 4) is 11.1 Å². The smallest absolute Gasteiger partial charge is 0.178 e. The Balaban J connectivity index is 1.86. The lowest BCUT2D eigenvalue weighted by Gasteiger charge is -2.05. The Morgan fingerprint density at radius 1 is 0.842 bits per heavy atom. The van der Waals surface area contributed by atoms with Crippen molar-refractivity contribution in [2.75, 3.05) is 5.75 Å². The topological polar surface area (TPSA) is 34.1 Å². The van der Waals surface area contributed by atoms with Crippen LogP contribution in [0.1, 0.15) is 12.8 Å². The highest BCUT2D eigenvalue weighted by Crippen LogP contribution is 2.32. The molecule has 98 valence electrons. The molecular formula is C16H16O2S. The Morgan fingerprint density at radius 2 is 1.42 bits per heavy atom. The second-order valence-corrected chi connectivity index (χ2v) is 7.15. The van der Waals surface area contributed by atoms with Crippen LogP contribution in [0, 0.1) is 5.92 Å². The first kappa shape index (κ1) is 12.4. The summed E-state index contributed by atoms with van der Waals surface area (Å²) >= 11 is 0. The Labute approximate surface area is 114 Å². The van der Waals surface area contributed by atoms with Gasteiger partial charge in [0, 0.05) is 0 Å². The third-order valence-electron chi connectivity index (χ3n) is 3.47. The summed E-state index contributed by atoms with van der Waals surface area (Å²) in [7, 11) is -3.10. The van der Waals surface area contributed by atoms with Crippen molar-refractivity contribution < 1.29 is 8.42 Å². The van der Waals surface area contributed by atoms with Gasteiger partial charge >= 0.3 is 0 Å². The first-order valence-corrected chi connectivity index (χ1v) is 8.19. The fraction of sp³-hybridized carbons (Fsp3) is 0.250. The summed E-state index contributed by atoms with van der Waals surface area (Å²) in [4.78, 5) is 0.444. The van der Waals surface area contributed by atoms with Crippen molar-refractivity contribution in [3.05, 3.63) is 54.6 Å². The minimum atomic E-state index is -3.10. The molecule has 3 heteroatoms. The van der Waals surface area contributed by atoms with E-state index in [9.17, 15) is 8.42 Å². The van der Waals surface area contributed by atoms with Gasteiger partial charge in [-0.2, -0.15) is 0 Å². The fourth-order valence-corrected chi connectivity index (χ4v) is 3.87. The molecule has 19 heavy (non-hydrogen) atoms. The predicted octanol–water partition coefficient (Wildman–Crippen LogP) is 3.54. The molecule has 0 amide bonds. The summed E-state index contributed by atoms with van der Waals surface area (Å²) in [5.74, 6) is 0.691. The average molecular weight is 272 g/mol. The minimum Gasteiger partial charge on any atom is -0.224 e. The van der Waals surface area contributed by atoms with Crippen LogP contribution in [0.15, 0.2) is 59.5 Å². The average Bonchev–Trinajstić information content (AvgIpc) is 3.23. The number of sulfone groups is 1. The van der Waals surface area contributed by atoms with Crippen LogP contribution in [-0.2, 0) is 9.84 Å². The van der Waals surface area contributed by atoms with Crippen LogP contribution in [0.25, 0.3) is 11.1 Å². The maximum atomic E-state index is 12.1. The molecule has 0 spiro atoms. The Bertz CT molecular complexity index is 654. The van der Waals surface area contributed by atoms with Gasteiger partial charge in [-0.25, -0.2) is 8.42 Å². The third kappa shape index (κ3) is 2.87. The van der Waals surface area contributed by atoms with Crippen LogP contribution in [0.2, 0.25) is 0 Å². The summed E-state index contributed by atoms with van der Waals surface area (Å²) in [6.07, 6.45) is 2.11. The van der Waals surface area contributed by atoms with Gasteiger partial charge in [0.2, 0.25) is 0 Å². The second-order valence-electron chi connectivity index (χ2n) is 5.12.